The minimum absolute atomic E-state index is 0.00302. The number of fused-ring (bicyclic) bond motifs is 3. The number of pyridine rings is 1. The summed E-state index contributed by atoms with van der Waals surface area (Å²) in [4.78, 5) is 28.9. The monoisotopic (exact) mass is 323 g/mol. The molecule has 3 N–H and O–H groups in total. The van der Waals surface area contributed by atoms with Gasteiger partial charge in [0.2, 0.25) is 0 Å². The molecule has 7 heteroatoms. The van der Waals surface area contributed by atoms with Crippen LogP contribution in [0.15, 0.2) is 46.0 Å². The molecule has 0 saturated carbocycles. The Morgan fingerprint density at radius 3 is 2.92 bits per heavy atom. The molecule has 3 aromatic heterocycles. The number of carboxylic acids is 1. The van der Waals surface area contributed by atoms with Crippen LogP contribution in [-0.4, -0.2) is 26.2 Å². The van der Waals surface area contributed by atoms with Crippen molar-refractivity contribution in [1.82, 2.24) is 15.1 Å². The molecule has 7 nitrogen and oxygen atoms in total. The van der Waals surface area contributed by atoms with Crippen molar-refractivity contribution in [3.8, 4) is 11.3 Å². The molecule has 0 aliphatic carbocycles. The number of rotatable bonds is 4. The summed E-state index contributed by atoms with van der Waals surface area (Å²) in [6, 6.07) is 7.31. The van der Waals surface area contributed by atoms with Crippen LogP contribution in [0, 0.1) is 0 Å². The van der Waals surface area contributed by atoms with Crippen LogP contribution in [0.5, 0.6) is 0 Å². The third-order valence-corrected chi connectivity index (χ3v) is 4.06. The number of nitrogens with one attached hydrogen (secondary N) is 2. The second kappa shape index (κ2) is 5.38. The highest BCUT2D eigenvalue weighted by Crippen LogP contribution is 2.29. The van der Waals surface area contributed by atoms with E-state index in [1.807, 2.05) is 18.2 Å². The zero-order chi connectivity index (χ0) is 16.7. The highest BCUT2D eigenvalue weighted by molar-refractivity contribution is 6.07. The lowest BCUT2D eigenvalue weighted by molar-refractivity contribution is -0.136. The first-order chi connectivity index (χ1) is 11.6. The van der Waals surface area contributed by atoms with E-state index in [0.29, 0.717) is 23.2 Å². The predicted molar refractivity (Wildman–Crippen MR) is 87.9 cm³/mol. The Balaban J connectivity index is 1.98. The van der Waals surface area contributed by atoms with E-state index in [1.165, 1.54) is 0 Å². The highest BCUT2D eigenvalue weighted by atomic mass is 16.5. The molecule has 1 aromatic carbocycles. The van der Waals surface area contributed by atoms with Crippen LogP contribution >= 0.6 is 0 Å². The van der Waals surface area contributed by atoms with Crippen LogP contribution in [-0.2, 0) is 11.2 Å². The van der Waals surface area contributed by atoms with Crippen molar-refractivity contribution in [3.05, 3.63) is 52.6 Å². The number of hydrogen-bond acceptors (Lipinski definition) is 4. The first-order valence-corrected chi connectivity index (χ1v) is 7.42. The molecule has 4 aromatic rings. The fourth-order valence-corrected chi connectivity index (χ4v) is 2.95. The van der Waals surface area contributed by atoms with Crippen LogP contribution < -0.4 is 5.56 Å². The molecule has 3 heterocycles. The SMILES string of the molecule is O=C(O)CCc1c[nH]c2c(=O)[nH]c3ccc(-c4ccno4)cc3c12. The van der Waals surface area contributed by atoms with Crippen molar-refractivity contribution in [2.45, 2.75) is 12.8 Å². The van der Waals surface area contributed by atoms with Crippen molar-refractivity contribution < 1.29 is 14.4 Å². The number of carboxylic acid groups (broad SMARTS) is 1. The summed E-state index contributed by atoms with van der Waals surface area (Å²) < 4.78 is 5.19. The van der Waals surface area contributed by atoms with Gasteiger partial charge >= 0.3 is 5.97 Å². The number of aryl methyl sites for hydroxylation is 1. The maximum Gasteiger partial charge on any atom is 0.303 e. The second-order valence-electron chi connectivity index (χ2n) is 5.55. The van der Waals surface area contributed by atoms with Gasteiger partial charge in [-0.05, 0) is 30.2 Å². The average molecular weight is 323 g/mol. The van der Waals surface area contributed by atoms with E-state index >= 15 is 0 Å². The third-order valence-electron chi connectivity index (χ3n) is 4.06. The Hall–Kier alpha value is -3.35. The number of H-pyrrole nitrogens is 2. The van der Waals surface area contributed by atoms with Gasteiger partial charge in [0.15, 0.2) is 5.76 Å². The Kier molecular flexibility index (Phi) is 3.19. The van der Waals surface area contributed by atoms with Gasteiger partial charge < -0.3 is 19.6 Å². The number of aromatic amines is 2. The number of hydrogen-bond donors (Lipinski definition) is 3. The molecule has 0 bridgehead atoms. The van der Waals surface area contributed by atoms with Crippen LogP contribution in [0.3, 0.4) is 0 Å². The summed E-state index contributed by atoms with van der Waals surface area (Å²) >= 11 is 0. The first kappa shape index (κ1) is 14.3. The molecule has 0 atom stereocenters. The molecule has 0 radical (unpaired) electrons. The molecule has 24 heavy (non-hydrogen) atoms. The normalized spacial score (nSPS) is 11.3. The van der Waals surface area contributed by atoms with Gasteiger partial charge in [0.05, 0.1) is 6.20 Å². The molecule has 0 spiro atoms. The molecule has 0 unspecified atom stereocenters. The summed E-state index contributed by atoms with van der Waals surface area (Å²) in [5.41, 5.74) is 2.54. The Morgan fingerprint density at radius 1 is 1.29 bits per heavy atom. The first-order valence-electron chi connectivity index (χ1n) is 7.42. The molecule has 120 valence electrons. The van der Waals surface area contributed by atoms with Gasteiger partial charge in [-0.15, -0.1) is 0 Å². The smallest absolute Gasteiger partial charge is 0.303 e. The summed E-state index contributed by atoms with van der Waals surface area (Å²) in [5, 5.41) is 14.2. The largest absolute Gasteiger partial charge is 0.481 e. The molecule has 0 fully saturated rings. The van der Waals surface area contributed by atoms with Crippen molar-refractivity contribution in [1.29, 1.82) is 0 Å². The lowest BCUT2D eigenvalue weighted by atomic mass is 10.0. The van der Waals surface area contributed by atoms with Gasteiger partial charge in [-0.25, -0.2) is 0 Å². The van der Waals surface area contributed by atoms with E-state index in [4.69, 9.17) is 9.63 Å². The summed E-state index contributed by atoms with van der Waals surface area (Å²) in [5.74, 6) is -0.250. The number of carbonyl (C=O) groups is 1. The second-order valence-corrected chi connectivity index (χ2v) is 5.55. The molecular formula is C17H13N3O4. The van der Waals surface area contributed by atoms with Crippen LogP contribution in [0.2, 0.25) is 0 Å². The van der Waals surface area contributed by atoms with E-state index in [2.05, 4.69) is 15.1 Å². The van der Waals surface area contributed by atoms with Crippen molar-refractivity contribution in [2.24, 2.45) is 0 Å². The fourth-order valence-electron chi connectivity index (χ4n) is 2.95. The number of nitrogens with zero attached hydrogens (tertiary/aromatic N) is 1. The third kappa shape index (κ3) is 2.26. The number of benzene rings is 1. The highest BCUT2D eigenvalue weighted by Gasteiger charge is 2.14. The van der Waals surface area contributed by atoms with E-state index in [1.54, 1.807) is 18.5 Å². The van der Waals surface area contributed by atoms with Crippen molar-refractivity contribution in [2.75, 3.05) is 0 Å². The molecule has 0 amide bonds. The lowest BCUT2D eigenvalue weighted by Gasteiger charge is -2.05. The van der Waals surface area contributed by atoms with Crippen LogP contribution in [0.4, 0.5) is 0 Å². The Bertz CT molecular complexity index is 1110. The summed E-state index contributed by atoms with van der Waals surface area (Å²) in [7, 11) is 0. The summed E-state index contributed by atoms with van der Waals surface area (Å²) in [6.07, 6.45) is 3.61. The molecule has 4 rings (SSSR count). The maximum atomic E-state index is 12.2. The van der Waals surface area contributed by atoms with Gasteiger partial charge in [0, 0.05) is 40.5 Å². The maximum absolute atomic E-state index is 12.2. The van der Waals surface area contributed by atoms with Crippen LogP contribution in [0.25, 0.3) is 33.1 Å². The molecule has 0 saturated heterocycles. The molecule has 0 aliphatic heterocycles. The van der Waals surface area contributed by atoms with Gasteiger partial charge in [-0.1, -0.05) is 5.16 Å². The topological polar surface area (TPSA) is 112 Å². The van der Waals surface area contributed by atoms with Gasteiger partial charge in [0.1, 0.15) is 5.52 Å². The Labute approximate surface area is 134 Å². The minimum Gasteiger partial charge on any atom is -0.481 e. The van der Waals surface area contributed by atoms with E-state index in [9.17, 15) is 9.59 Å². The molecule has 0 aliphatic rings. The Morgan fingerprint density at radius 2 is 2.17 bits per heavy atom. The standard InChI is InChI=1S/C17H13N3O4/c21-14(22)4-2-10-8-18-16-15(10)11-7-9(13-5-6-19-24-13)1-3-12(11)20-17(16)23/h1,3,5-8,18H,2,4H2,(H,20,23)(H,21,22). The lowest BCUT2D eigenvalue weighted by Crippen LogP contribution is -2.06. The van der Waals surface area contributed by atoms with E-state index in [-0.39, 0.29) is 12.0 Å². The minimum atomic E-state index is -0.874. The van der Waals surface area contributed by atoms with E-state index < -0.39 is 5.97 Å². The predicted octanol–water partition coefficient (Wildman–Crippen LogP) is 2.68. The van der Waals surface area contributed by atoms with Crippen molar-refractivity contribution >= 4 is 27.8 Å². The zero-order valence-corrected chi connectivity index (χ0v) is 12.5. The fraction of sp³-hybridized carbons (Fsp3) is 0.118. The van der Waals surface area contributed by atoms with E-state index in [0.717, 1.165) is 21.9 Å². The number of aromatic nitrogens is 3. The zero-order valence-electron chi connectivity index (χ0n) is 12.5. The quantitative estimate of drug-likeness (QED) is 0.534. The summed E-state index contributed by atoms with van der Waals surface area (Å²) in [6.45, 7) is 0. The van der Waals surface area contributed by atoms with Gasteiger partial charge in [-0.3, -0.25) is 9.59 Å². The number of aliphatic carboxylic acids is 1. The van der Waals surface area contributed by atoms with Gasteiger partial charge in [-0.2, -0.15) is 0 Å². The van der Waals surface area contributed by atoms with Crippen molar-refractivity contribution in [3.63, 3.8) is 0 Å². The molecular weight excluding hydrogens is 310 g/mol. The van der Waals surface area contributed by atoms with Crippen LogP contribution in [0.1, 0.15) is 12.0 Å². The average Bonchev–Trinajstić information content (AvgIpc) is 3.23. The van der Waals surface area contributed by atoms with Gasteiger partial charge in [0.25, 0.3) is 5.56 Å².